The number of aliphatic hydroxyl groups excluding tert-OH is 1. The van der Waals surface area contributed by atoms with E-state index < -0.39 is 0 Å². The van der Waals surface area contributed by atoms with Crippen LogP contribution in [0, 0.1) is 17.8 Å². The Labute approximate surface area is 194 Å². The molecule has 6 nitrogen and oxygen atoms in total. The molecule has 1 aromatic carbocycles. The molecule has 5 rings (SSSR count). The van der Waals surface area contributed by atoms with Crippen LogP contribution in [0.15, 0.2) is 47.3 Å². The maximum atomic E-state index is 13.3. The first-order valence-electron chi connectivity index (χ1n) is 12.2. The number of pyridine rings is 1. The first kappa shape index (κ1) is 22.1. The largest absolute Gasteiger partial charge is 0.396 e. The number of rotatable bonds is 8. The Balaban J connectivity index is 1.44. The number of aromatic nitrogens is 1. The lowest BCUT2D eigenvalue weighted by Crippen LogP contribution is -2.49. The maximum Gasteiger partial charge on any atom is 0.258 e. The van der Waals surface area contributed by atoms with Crippen LogP contribution < -0.4 is 10.9 Å². The van der Waals surface area contributed by atoms with Gasteiger partial charge in [0.25, 0.3) is 5.56 Å². The molecule has 0 unspecified atom stereocenters. The number of fused-ring (bicyclic) bond motifs is 3. The van der Waals surface area contributed by atoms with E-state index in [1.807, 2.05) is 59.2 Å². The van der Waals surface area contributed by atoms with Crippen molar-refractivity contribution in [2.75, 3.05) is 19.7 Å². The molecular formula is C27H33N3O3. The molecule has 33 heavy (non-hydrogen) atoms. The quantitative estimate of drug-likeness (QED) is 0.653. The zero-order valence-corrected chi connectivity index (χ0v) is 19.2. The predicted molar refractivity (Wildman–Crippen MR) is 129 cm³/mol. The highest BCUT2D eigenvalue weighted by atomic mass is 16.3. The number of amides is 1. The van der Waals surface area contributed by atoms with Gasteiger partial charge in [-0.3, -0.25) is 14.5 Å². The normalized spacial score (nSPS) is 26.5. The summed E-state index contributed by atoms with van der Waals surface area (Å²) in [6, 6.07) is 13.5. The molecule has 0 spiro atoms. The summed E-state index contributed by atoms with van der Waals surface area (Å²) in [7, 11) is 0. The fourth-order valence-corrected chi connectivity index (χ4v) is 5.69. The van der Waals surface area contributed by atoms with Crippen molar-refractivity contribution in [3.05, 3.63) is 69.6 Å². The Morgan fingerprint density at radius 1 is 1.15 bits per heavy atom. The number of carbonyl (C=O) groups is 1. The minimum atomic E-state index is -0.342. The molecule has 1 saturated heterocycles. The number of likely N-dealkylation sites (tertiary alicyclic amines) is 1. The molecule has 4 atom stereocenters. The standard InChI is InChI=1S/C27H33N3O3/c1-2-14-29-24-21(22(17-31)25(29)26(32)28-15-19-8-9-19)16-30-23(24)13-12-20(27(30)33)11-10-18-6-4-3-5-7-18/h3-7,10-13,19,21-22,24-25,31H,2,8-9,14-17H2,1H3,(H,28,32)/b11-10+/t21-,22-,24+,25-/m0/s1. The third-order valence-corrected chi connectivity index (χ3v) is 7.49. The van der Waals surface area contributed by atoms with E-state index in [4.69, 9.17) is 0 Å². The lowest BCUT2D eigenvalue weighted by molar-refractivity contribution is -0.127. The van der Waals surface area contributed by atoms with E-state index in [-0.39, 0.29) is 42.0 Å². The number of aliphatic hydroxyl groups is 1. The fourth-order valence-electron chi connectivity index (χ4n) is 5.69. The summed E-state index contributed by atoms with van der Waals surface area (Å²) in [4.78, 5) is 28.7. The third-order valence-electron chi connectivity index (χ3n) is 7.49. The van der Waals surface area contributed by atoms with Crippen LogP contribution >= 0.6 is 0 Å². The van der Waals surface area contributed by atoms with Crippen molar-refractivity contribution in [2.24, 2.45) is 17.8 Å². The Hall–Kier alpha value is -2.70. The van der Waals surface area contributed by atoms with Crippen molar-refractivity contribution in [3.8, 4) is 0 Å². The third kappa shape index (κ3) is 4.18. The highest BCUT2D eigenvalue weighted by Crippen LogP contribution is 2.49. The van der Waals surface area contributed by atoms with Crippen LogP contribution in [0.25, 0.3) is 12.2 Å². The topological polar surface area (TPSA) is 74.6 Å². The smallest absolute Gasteiger partial charge is 0.258 e. The minimum absolute atomic E-state index is 0.00282. The zero-order chi connectivity index (χ0) is 22.9. The second-order valence-corrected chi connectivity index (χ2v) is 9.70. The van der Waals surface area contributed by atoms with Crippen molar-refractivity contribution in [1.82, 2.24) is 14.8 Å². The number of hydrogen-bond donors (Lipinski definition) is 2. The molecule has 3 aliphatic rings. The van der Waals surface area contributed by atoms with E-state index in [2.05, 4.69) is 17.1 Å². The van der Waals surface area contributed by atoms with Gasteiger partial charge in [-0.2, -0.15) is 0 Å². The molecule has 1 aliphatic carbocycles. The van der Waals surface area contributed by atoms with Gasteiger partial charge in [0.2, 0.25) is 5.91 Å². The number of hydrogen-bond acceptors (Lipinski definition) is 4. The molecule has 2 aromatic rings. The fraction of sp³-hybridized carbons (Fsp3) is 0.481. The van der Waals surface area contributed by atoms with Gasteiger partial charge in [-0.25, -0.2) is 0 Å². The molecule has 3 heterocycles. The van der Waals surface area contributed by atoms with Crippen LogP contribution in [0.1, 0.15) is 49.0 Å². The van der Waals surface area contributed by atoms with E-state index >= 15 is 0 Å². The second-order valence-electron chi connectivity index (χ2n) is 9.70. The first-order chi connectivity index (χ1) is 16.1. The van der Waals surface area contributed by atoms with Crippen molar-refractivity contribution >= 4 is 18.1 Å². The Kier molecular flexibility index (Phi) is 6.21. The van der Waals surface area contributed by atoms with E-state index in [1.165, 1.54) is 12.8 Å². The molecule has 0 radical (unpaired) electrons. The van der Waals surface area contributed by atoms with Gasteiger partial charge >= 0.3 is 0 Å². The van der Waals surface area contributed by atoms with Gasteiger partial charge in [0, 0.05) is 42.8 Å². The number of benzene rings is 1. The van der Waals surface area contributed by atoms with Crippen LogP contribution in [-0.2, 0) is 11.3 Å². The summed E-state index contributed by atoms with van der Waals surface area (Å²) in [6.07, 6.45) is 7.13. The van der Waals surface area contributed by atoms with Gasteiger partial charge in [0.15, 0.2) is 0 Å². The highest BCUT2D eigenvalue weighted by Gasteiger charge is 2.55. The molecule has 1 saturated carbocycles. The average molecular weight is 448 g/mol. The van der Waals surface area contributed by atoms with E-state index in [0.717, 1.165) is 30.8 Å². The van der Waals surface area contributed by atoms with E-state index in [1.54, 1.807) is 0 Å². The number of nitrogens with zero attached hydrogens (tertiary/aromatic N) is 2. The van der Waals surface area contributed by atoms with E-state index in [0.29, 0.717) is 18.0 Å². The molecule has 174 valence electrons. The SMILES string of the molecule is CCCN1[C@H](C(=O)NCC2CC2)[C@@H](CO)[C@@H]2Cn3c(ccc(/C=C/c4ccccc4)c3=O)[C@@H]21. The summed E-state index contributed by atoms with van der Waals surface area (Å²) in [5.41, 5.74) is 2.67. The lowest BCUT2D eigenvalue weighted by atomic mass is 9.88. The molecule has 2 aliphatic heterocycles. The van der Waals surface area contributed by atoms with E-state index in [9.17, 15) is 14.7 Å². The van der Waals surface area contributed by atoms with Gasteiger partial charge in [-0.15, -0.1) is 0 Å². The molecule has 1 amide bonds. The molecule has 1 aromatic heterocycles. The molecular weight excluding hydrogens is 414 g/mol. The first-order valence-corrected chi connectivity index (χ1v) is 12.2. The molecule has 6 heteroatoms. The van der Waals surface area contributed by atoms with Crippen LogP contribution in [0.4, 0.5) is 0 Å². The second kappa shape index (κ2) is 9.27. The van der Waals surface area contributed by atoms with Crippen molar-refractivity contribution in [2.45, 2.75) is 44.8 Å². The Bertz CT molecular complexity index is 1090. The predicted octanol–water partition coefficient (Wildman–Crippen LogP) is 2.92. The van der Waals surface area contributed by atoms with Crippen molar-refractivity contribution in [3.63, 3.8) is 0 Å². The van der Waals surface area contributed by atoms with Gasteiger partial charge < -0.3 is 15.0 Å². The van der Waals surface area contributed by atoms with Gasteiger partial charge in [-0.05, 0) is 55.5 Å². The van der Waals surface area contributed by atoms with Crippen LogP contribution in [0.5, 0.6) is 0 Å². The highest BCUT2D eigenvalue weighted by molar-refractivity contribution is 5.83. The summed E-state index contributed by atoms with van der Waals surface area (Å²) < 4.78 is 1.86. The van der Waals surface area contributed by atoms with Crippen molar-refractivity contribution < 1.29 is 9.90 Å². The lowest BCUT2D eigenvalue weighted by Gasteiger charge is -2.30. The Morgan fingerprint density at radius 3 is 2.64 bits per heavy atom. The maximum absolute atomic E-state index is 13.3. The zero-order valence-electron chi connectivity index (χ0n) is 19.2. The summed E-state index contributed by atoms with van der Waals surface area (Å²) in [5, 5.41) is 13.5. The molecule has 2 N–H and O–H groups in total. The number of nitrogens with one attached hydrogen (secondary N) is 1. The Morgan fingerprint density at radius 2 is 1.94 bits per heavy atom. The minimum Gasteiger partial charge on any atom is -0.396 e. The summed E-state index contributed by atoms with van der Waals surface area (Å²) in [5.74, 6) is 0.520. The summed E-state index contributed by atoms with van der Waals surface area (Å²) >= 11 is 0. The van der Waals surface area contributed by atoms with Gasteiger partial charge in [0.05, 0.1) is 12.1 Å². The number of carbonyl (C=O) groups excluding carboxylic acids is 1. The van der Waals surface area contributed by atoms with Gasteiger partial charge in [0.1, 0.15) is 0 Å². The summed E-state index contributed by atoms with van der Waals surface area (Å²) in [6.45, 7) is 4.11. The van der Waals surface area contributed by atoms with Crippen LogP contribution in [-0.4, -0.2) is 46.2 Å². The monoisotopic (exact) mass is 447 g/mol. The van der Waals surface area contributed by atoms with Gasteiger partial charge in [-0.1, -0.05) is 43.3 Å². The van der Waals surface area contributed by atoms with Crippen molar-refractivity contribution in [1.29, 1.82) is 0 Å². The van der Waals surface area contributed by atoms with Crippen LogP contribution in [0.3, 0.4) is 0 Å². The average Bonchev–Trinajstić information content (AvgIpc) is 3.51. The van der Waals surface area contributed by atoms with Crippen LogP contribution in [0.2, 0.25) is 0 Å². The molecule has 2 fully saturated rings. The molecule has 0 bridgehead atoms.